The van der Waals surface area contributed by atoms with Gasteiger partial charge in [0.25, 0.3) is 0 Å². The fourth-order valence-corrected chi connectivity index (χ4v) is 2.44. The first kappa shape index (κ1) is 17.3. The minimum atomic E-state index is 0.409. The van der Waals surface area contributed by atoms with Crippen LogP contribution in [0, 0.1) is 5.92 Å². The van der Waals surface area contributed by atoms with E-state index in [1.54, 1.807) is 0 Å². The normalized spacial score (nSPS) is 19.3. The van der Waals surface area contributed by atoms with Crippen LogP contribution >= 0.6 is 0 Å². The highest BCUT2D eigenvalue weighted by molar-refractivity contribution is 5.48. The summed E-state index contributed by atoms with van der Waals surface area (Å²) in [7, 11) is 0. The Hall–Kier alpha value is -1.76. The Labute approximate surface area is 130 Å². The van der Waals surface area contributed by atoms with Gasteiger partial charge >= 0.3 is 0 Å². The Morgan fingerprint density at radius 3 is 1.52 bits per heavy atom. The first-order chi connectivity index (χ1) is 10.4. The fraction of sp³-hybridized carbons (Fsp3) is 0.400. The Morgan fingerprint density at radius 2 is 1.10 bits per heavy atom. The first-order valence-electron chi connectivity index (χ1n) is 8.18. The number of ether oxygens (including phenoxy) is 1. The van der Waals surface area contributed by atoms with Gasteiger partial charge in [0.2, 0.25) is 0 Å². The molecule has 2 aliphatic carbocycles. The van der Waals surface area contributed by atoms with Crippen LogP contribution in [0.5, 0.6) is 0 Å². The molecule has 21 heavy (non-hydrogen) atoms. The van der Waals surface area contributed by atoms with Crippen LogP contribution in [0.1, 0.15) is 47.5 Å². The average molecular weight is 284 g/mol. The second kappa shape index (κ2) is 9.23. The summed E-state index contributed by atoms with van der Waals surface area (Å²) in [6.07, 6.45) is 19.2. The van der Waals surface area contributed by atoms with Gasteiger partial charge in [-0.25, -0.2) is 0 Å². The Balaban J connectivity index is 0.000000510. The van der Waals surface area contributed by atoms with Crippen molar-refractivity contribution in [3.05, 3.63) is 71.3 Å². The molecule has 0 spiro atoms. The van der Waals surface area contributed by atoms with Crippen LogP contribution in [0.25, 0.3) is 0 Å². The van der Waals surface area contributed by atoms with Crippen LogP contribution < -0.4 is 0 Å². The van der Waals surface area contributed by atoms with Crippen molar-refractivity contribution in [1.29, 1.82) is 0 Å². The smallest absolute Gasteiger partial charge is 0.130 e. The van der Waals surface area contributed by atoms with Gasteiger partial charge in [-0.05, 0) is 25.0 Å². The maximum absolute atomic E-state index is 6.01. The first-order valence-corrected chi connectivity index (χ1v) is 8.18. The van der Waals surface area contributed by atoms with Crippen molar-refractivity contribution in [1.82, 2.24) is 0 Å². The van der Waals surface area contributed by atoms with Gasteiger partial charge in [0.1, 0.15) is 11.5 Å². The maximum atomic E-state index is 6.01. The molecule has 3 rings (SSSR count). The highest BCUT2D eigenvalue weighted by Gasteiger charge is 2.24. The van der Waals surface area contributed by atoms with E-state index >= 15 is 0 Å². The average Bonchev–Trinajstić information content (AvgIpc) is 2.92. The van der Waals surface area contributed by atoms with E-state index in [1.165, 1.54) is 11.1 Å². The van der Waals surface area contributed by atoms with Crippen LogP contribution in [0.15, 0.2) is 71.3 Å². The van der Waals surface area contributed by atoms with Crippen molar-refractivity contribution in [2.75, 3.05) is 0 Å². The van der Waals surface area contributed by atoms with E-state index in [4.69, 9.17) is 4.74 Å². The Kier molecular flexibility index (Phi) is 7.60. The Morgan fingerprint density at radius 1 is 0.714 bits per heavy atom. The van der Waals surface area contributed by atoms with Crippen molar-refractivity contribution >= 4 is 0 Å². The van der Waals surface area contributed by atoms with E-state index in [0.717, 1.165) is 24.4 Å². The summed E-state index contributed by atoms with van der Waals surface area (Å²) in [6, 6.07) is 0. The van der Waals surface area contributed by atoms with Crippen molar-refractivity contribution < 1.29 is 4.74 Å². The largest absolute Gasteiger partial charge is 0.457 e. The molecule has 0 unspecified atom stereocenters. The summed E-state index contributed by atoms with van der Waals surface area (Å²) in [4.78, 5) is 0. The SMILES string of the molecule is CC.CC.CC1C2=C(C=CCC=C2)OC2=C1C=CCC=C2. The predicted octanol–water partition coefficient (Wildman–Crippen LogP) is 6.25. The van der Waals surface area contributed by atoms with Crippen LogP contribution in [-0.2, 0) is 4.74 Å². The second-order valence-corrected chi connectivity index (χ2v) is 4.54. The van der Waals surface area contributed by atoms with Crippen molar-refractivity contribution in [2.45, 2.75) is 47.5 Å². The lowest BCUT2D eigenvalue weighted by Crippen LogP contribution is -2.12. The van der Waals surface area contributed by atoms with E-state index in [9.17, 15) is 0 Å². The van der Waals surface area contributed by atoms with Crippen molar-refractivity contribution in [3.8, 4) is 0 Å². The van der Waals surface area contributed by atoms with Gasteiger partial charge in [0.05, 0.1) is 0 Å². The molecule has 0 saturated carbocycles. The summed E-state index contributed by atoms with van der Waals surface area (Å²) in [5.74, 6) is 2.42. The van der Waals surface area contributed by atoms with Gasteiger partial charge in [-0.3, -0.25) is 0 Å². The van der Waals surface area contributed by atoms with E-state index in [2.05, 4.69) is 55.5 Å². The molecule has 1 heteroatoms. The van der Waals surface area contributed by atoms with E-state index in [-0.39, 0.29) is 0 Å². The van der Waals surface area contributed by atoms with Gasteiger partial charge in [-0.1, -0.05) is 71.1 Å². The summed E-state index contributed by atoms with van der Waals surface area (Å²) in [5, 5.41) is 0. The highest BCUT2D eigenvalue weighted by atomic mass is 16.5. The zero-order valence-corrected chi connectivity index (χ0v) is 14.0. The third kappa shape index (κ3) is 4.10. The molecule has 114 valence electrons. The summed E-state index contributed by atoms with van der Waals surface area (Å²) in [5.41, 5.74) is 2.58. The molecule has 1 nitrogen and oxygen atoms in total. The molecule has 0 atom stereocenters. The van der Waals surface area contributed by atoms with Crippen LogP contribution in [0.3, 0.4) is 0 Å². The molecular weight excluding hydrogens is 256 g/mol. The molecule has 1 heterocycles. The molecule has 0 N–H and O–H groups in total. The van der Waals surface area contributed by atoms with Gasteiger partial charge in [-0.15, -0.1) is 0 Å². The lowest BCUT2D eigenvalue weighted by Gasteiger charge is -2.25. The summed E-state index contributed by atoms with van der Waals surface area (Å²) >= 11 is 0. The van der Waals surface area contributed by atoms with Gasteiger partial charge in [-0.2, -0.15) is 0 Å². The van der Waals surface area contributed by atoms with Gasteiger partial charge in [0, 0.05) is 17.1 Å². The van der Waals surface area contributed by atoms with Crippen molar-refractivity contribution in [3.63, 3.8) is 0 Å². The van der Waals surface area contributed by atoms with E-state index < -0.39 is 0 Å². The molecule has 0 radical (unpaired) electrons. The van der Waals surface area contributed by atoms with E-state index in [0.29, 0.717) is 5.92 Å². The lowest BCUT2D eigenvalue weighted by molar-refractivity contribution is 0.310. The van der Waals surface area contributed by atoms with Gasteiger partial charge < -0.3 is 4.74 Å². The van der Waals surface area contributed by atoms with Crippen LogP contribution in [0.2, 0.25) is 0 Å². The van der Waals surface area contributed by atoms with Gasteiger partial charge in [0.15, 0.2) is 0 Å². The van der Waals surface area contributed by atoms with Crippen LogP contribution in [0.4, 0.5) is 0 Å². The highest BCUT2D eigenvalue weighted by Crippen LogP contribution is 2.37. The molecule has 0 aromatic rings. The molecule has 0 aromatic heterocycles. The number of rotatable bonds is 0. The topological polar surface area (TPSA) is 9.23 Å². The zero-order chi connectivity index (χ0) is 15.7. The quantitative estimate of drug-likeness (QED) is 0.511. The fourth-order valence-electron chi connectivity index (χ4n) is 2.44. The number of allylic oxidation sites excluding steroid dienone is 10. The minimum Gasteiger partial charge on any atom is -0.457 e. The summed E-state index contributed by atoms with van der Waals surface area (Å²) in [6.45, 7) is 10.3. The second-order valence-electron chi connectivity index (χ2n) is 4.54. The molecule has 3 aliphatic rings. The predicted molar refractivity (Wildman–Crippen MR) is 92.8 cm³/mol. The zero-order valence-electron chi connectivity index (χ0n) is 14.0. The van der Waals surface area contributed by atoms with Crippen molar-refractivity contribution in [2.24, 2.45) is 5.92 Å². The molecular formula is C20H28O. The minimum absolute atomic E-state index is 0.409. The van der Waals surface area contributed by atoms with Crippen LogP contribution in [-0.4, -0.2) is 0 Å². The standard InChI is InChI=1S/C16H16O.2C2H6/c1-12-13-8-4-2-6-10-15(13)17-16-11-7-3-5-9-14(12)16;2*1-2/h4-12H,2-3H2,1H3;2*1-2H3. The molecule has 1 aliphatic heterocycles. The maximum Gasteiger partial charge on any atom is 0.130 e. The third-order valence-corrected chi connectivity index (χ3v) is 3.40. The Bertz CT molecular complexity index is 464. The molecule has 0 fully saturated rings. The number of hydrogen-bond donors (Lipinski definition) is 0. The molecule has 0 amide bonds. The molecule has 0 bridgehead atoms. The lowest BCUT2D eigenvalue weighted by atomic mass is 9.88. The monoisotopic (exact) mass is 284 g/mol. The summed E-state index contributed by atoms with van der Waals surface area (Å²) < 4.78 is 6.01. The molecule has 0 saturated heterocycles. The third-order valence-electron chi connectivity index (χ3n) is 3.40. The van der Waals surface area contributed by atoms with E-state index in [1.807, 2.05) is 27.7 Å². The number of hydrogen-bond acceptors (Lipinski definition) is 1. The molecule has 0 aromatic carbocycles.